The van der Waals surface area contributed by atoms with Crippen LogP contribution in [0.3, 0.4) is 0 Å². The first-order chi connectivity index (χ1) is 22.7. The van der Waals surface area contributed by atoms with Crippen LogP contribution in [0.15, 0.2) is 72.8 Å². The number of halogens is 4. The van der Waals surface area contributed by atoms with Gasteiger partial charge in [-0.05, 0) is 92.6 Å². The maximum atomic E-state index is 15.1. The maximum Gasteiger partial charge on any atom is 0.435 e. The van der Waals surface area contributed by atoms with Gasteiger partial charge >= 0.3 is 12.3 Å². The van der Waals surface area contributed by atoms with Crippen LogP contribution in [0.1, 0.15) is 78.2 Å². The standard InChI is InChI=1S/C35H33F4N5O4/c1-34(2,3)48-33(46)41-19-23-7-5-9-26(15-23)44-29(17-30(43-44)35(37,38)39)32(45)42-28-16-25(12-13-27(28)36)31(47-20-21-10-11-21)24-8-4-6-22(14-24)18-40/h4-9,12-17,21,31H,10-11,19-20H2,1-3H3,(H,41,46)(H,42,45). The van der Waals surface area contributed by atoms with Crippen molar-refractivity contribution in [1.29, 1.82) is 5.26 Å². The number of amides is 2. The van der Waals surface area contributed by atoms with Crippen LogP contribution in [0.2, 0.25) is 0 Å². The van der Waals surface area contributed by atoms with E-state index in [-0.39, 0.29) is 17.9 Å². The molecule has 1 fully saturated rings. The molecule has 0 spiro atoms. The molecule has 13 heteroatoms. The fraction of sp³-hybridized carbons (Fsp3) is 0.314. The largest absolute Gasteiger partial charge is 0.444 e. The highest BCUT2D eigenvalue weighted by atomic mass is 19.4. The van der Waals surface area contributed by atoms with E-state index in [1.807, 2.05) is 0 Å². The van der Waals surface area contributed by atoms with Gasteiger partial charge in [-0.15, -0.1) is 0 Å². The molecule has 4 aromatic rings. The van der Waals surface area contributed by atoms with E-state index in [0.29, 0.717) is 40.8 Å². The normalized spacial score (nSPS) is 13.8. The zero-order chi connectivity index (χ0) is 34.6. The van der Waals surface area contributed by atoms with E-state index in [9.17, 15) is 28.0 Å². The molecular formula is C35H33F4N5O4. The average molecular weight is 664 g/mol. The summed E-state index contributed by atoms with van der Waals surface area (Å²) in [6.07, 6.45) is -4.23. The monoisotopic (exact) mass is 663 g/mol. The first kappa shape index (κ1) is 34.1. The van der Waals surface area contributed by atoms with Gasteiger partial charge in [-0.2, -0.15) is 23.5 Å². The Kier molecular flexibility index (Phi) is 9.86. The van der Waals surface area contributed by atoms with Crippen molar-refractivity contribution in [2.24, 2.45) is 5.92 Å². The van der Waals surface area contributed by atoms with E-state index >= 15 is 4.39 Å². The van der Waals surface area contributed by atoms with Crippen LogP contribution in [0.25, 0.3) is 5.69 Å². The molecule has 3 aromatic carbocycles. The Morgan fingerprint density at radius 2 is 1.75 bits per heavy atom. The van der Waals surface area contributed by atoms with E-state index < -0.39 is 47.1 Å². The SMILES string of the molecule is CC(C)(C)OC(=O)NCc1cccc(-n2nc(C(F)(F)F)cc2C(=O)Nc2cc(C(OCC3CC3)c3cccc(C#N)c3)ccc2F)c1. The van der Waals surface area contributed by atoms with Gasteiger partial charge in [0.25, 0.3) is 5.91 Å². The summed E-state index contributed by atoms with van der Waals surface area (Å²) >= 11 is 0. The Hall–Kier alpha value is -5.22. The highest BCUT2D eigenvalue weighted by Gasteiger charge is 2.36. The van der Waals surface area contributed by atoms with E-state index in [0.717, 1.165) is 23.6 Å². The minimum Gasteiger partial charge on any atom is -0.444 e. The summed E-state index contributed by atoms with van der Waals surface area (Å²) < 4.78 is 68.8. The van der Waals surface area contributed by atoms with Gasteiger partial charge in [0.2, 0.25) is 0 Å². The zero-order valence-corrected chi connectivity index (χ0v) is 26.4. The minimum absolute atomic E-state index is 0.0169. The first-order valence-corrected chi connectivity index (χ1v) is 15.2. The van der Waals surface area contributed by atoms with Crippen molar-refractivity contribution in [3.63, 3.8) is 0 Å². The Labute approximate surface area is 274 Å². The van der Waals surface area contributed by atoms with E-state index in [2.05, 4.69) is 21.8 Å². The zero-order valence-electron chi connectivity index (χ0n) is 26.4. The van der Waals surface area contributed by atoms with Gasteiger partial charge in [0.1, 0.15) is 23.2 Å². The average Bonchev–Trinajstić information content (AvgIpc) is 3.74. The van der Waals surface area contributed by atoms with Crippen LogP contribution < -0.4 is 10.6 Å². The molecule has 0 aliphatic heterocycles. The molecule has 250 valence electrons. The second-order valence-corrected chi connectivity index (χ2v) is 12.4. The van der Waals surface area contributed by atoms with Gasteiger partial charge in [-0.3, -0.25) is 4.79 Å². The van der Waals surface area contributed by atoms with E-state index in [4.69, 9.17) is 9.47 Å². The summed E-state index contributed by atoms with van der Waals surface area (Å²) in [5, 5.41) is 18.0. The lowest BCUT2D eigenvalue weighted by Gasteiger charge is -2.20. The number of alkyl halides is 3. The molecular weight excluding hydrogens is 630 g/mol. The number of carbonyl (C=O) groups excluding carboxylic acids is 2. The fourth-order valence-electron chi connectivity index (χ4n) is 4.83. The van der Waals surface area contributed by atoms with Gasteiger partial charge in [-0.1, -0.05) is 30.3 Å². The first-order valence-electron chi connectivity index (χ1n) is 15.2. The van der Waals surface area contributed by atoms with Gasteiger partial charge < -0.3 is 20.1 Å². The predicted molar refractivity (Wildman–Crippen MR) is 168 cm³/mol. The molecule has 1 aliphatic carbocycles. The highest BCUT2D eigenvalue weighted by molar-refractivity contribution is 6.03. The summed E-state index contributed by atoms with van der Waals surface area (Å²) in [6.45, 7) is 5.53. The number of aromatic nitrogens is 2. The molecule has 2 amide bonds. The van der Waals surface area contributed by atoms with Crippen LogP contribution in [0.4, 0.5) is 28.0 Å². The molecule has 0 saturated heterocycles. The van der Waals surface area contributed by atoms with Crippen molar-refractivity contribution in [2.75, 3.05) is 11.9 Å². The van der Waals surface area contributed by atoms with Gasteiger partial charge in [-0.25, -0.2) is 13.9 Å². The van der Waals surface area contributed by atoms with Gasteiger partial charge in [0, 0.05) is 12.6 Å². The maximum absolute atomic E-state index is 15.1. The number of hydrogen-bond acceptors (Lipinski definition) is 6. The Morgan fingerprint density at radius 3 is 2.44 bits per heavy atom. The second-order valence-electron chi connectivity index (χ2n) is 12.4. The number of nitriles is 1. The summed E-state index contributed by atoms with van der Waals surface area (Å²) in [7, 11) is 0. The van der Waals surface area contributed by atoms with Crippen molar-refractivity contribution >= 4 is 17.7 Å². The summed E-state index contributed by atoms with van der Waals surface area (Å²) in [5.41, 5.74) is -0.748. The minimum atomic E-state index is -4.88. The number of nitrogens with zero attached hydrogens (tertiary/aromatic N) is 3. The predicted octanol–water partition coefficient (Wildman–Crippen LogP) is 7.69. The lowest BCUT2D eigenvalue weighted by atomic mass is 9.99. The molecule has 1 atom stereocenters. The summed E-state index contributed by atoms with van der Waals surface area (Å²) in [4.78, 5) is 25.7. The van der Waals surface area contributed by atoms with E-state index in [1.54, 1.807) is 51.1 Å². The van der Waals surface area contributed by atoms with Crippen LogP contribution in [0, 0.1) is 23.1 Å². The molecule has 0 bridgehead atoms. The number of benzene rings is 3. The van der Waals surface area contributed by atoms with Crippen LogP contribution in [-0.2, 0) is 22.2 Å². The molecule has 48 heavy (non-hydrogen) atoms. The lowest BCUT2D eigenvalue weighted by Crippen LogP contribution is -2.32. The lowest BCUT2D eigenvalue weighted by molar-refractivity contribution is -0.141. The molecule has 1 aromatic heterocycles. The van der Waals surface area contributed by atoms with E-state index in [1.165, 1.54) is 30.3 Å². The smallest absolute Gasteiger partial charge is 0.435 e. The number of nitrogens with one attached hydrogen (secondary N) is 2. The summed E-state index contributed by atoms with van der Waals surface area (Å²) in [5.74, 6) is -1.48. The topological polar surface area (TPSA) is 118 Å². The number of alkyl carbamates (subject to hydrolysis) is 1. The molecule has 1 aliphatic rings. The number of anilines is 1. The van der Waals surface area contributed by atoms with Crippen molar-refractivity contribution in [1.82, 2.24) is 15.1 Å². The fourth-order valence-corrected chi connectivity index (χ4v) is 4.83. The van der Waals surface area contributed by atoms with Crippen molar-refractivity contribution in [2.45, 2.75) is 58.0 Å². The van der Waals surface area contributed by atoms with Crippen LogP contribution in [-0.4, -0.2) is 34.0 Å². The van der Waals surface area contributed by atoms with Crippen molar-refractivity contribution in [3.8, 4) is 11.8 Å². The third-order valence-electron chi connectivity index (χ3n) is 7.28. The molecule has 1 heterocycles. The molecule has 1 unspecified atom stereocenters. The third kappa shape index (κ3) is 8.77. The molecule has 9 nitrogen and oxygen atoms in total. The second kappa shape index (κ2) is 13.9. The number of carbonyl (C=O) groups is 2. The van der Waals surface area contributed by atoms with Crippen LogP contribution >= 0.6 is 0 Å². The number of hydrogen-bond donors (Lipinski definition) is 2. The summed E-state index contributed by atoms with van der Waals surface area (Å²) in [6, 6.07) is 19.5. The molecule has 2 N–H and O–H groups in total. The Morgan fingerprint density at radius 1 is 1.02 bits per heavy atom. The van der Waals surface area contributed by atoms with Gasteiger partial charge in [0.05, 0.1) is 29.6 Å². The highest BCUT2D eigenvalue weighted by Crippen LogP contribution is 2.35. The quantitative estimate of drug-likeness (QED) is 0.168. The van der Waals surface area contributed by atoms with Gasteiger partial charge in [0.15, 0.2) is 5.69 Å². The van der Waals surface area contributed by atoms with Crippen LogP contribution in [0.5, 0.6) is 0 Å². The third-order valence-corrected chi connectivity index (χ3v) is 7.28. The number of rotatable bonds is 10. The molecule has 5 rings (SSSR count). The van der Waals surface area contributed by atoms with Crippen molar-refractivity contribution < 1.29 is 36.6 Å². The van der Waals surface area contributed by atoms with Crippen molar-refractivity contribution in [3.05, 3.63) is 112 Å². The molecule has 1 saturated carbocycles. The Bertz CT molecular complexity index is 1850. The Balaban J connectivity index is 1.44. The molecule has 0 radical (unpaired) electrons. The number of ether oxygens (including phenoxy) is 2.